The van der Waals surface area contributed by atoms with Crippen LogP contribution in [0.2, 0.25) is 0 Å². The minimum atomic E-state index is -0.785. The molecule has 82 valence electrons. The Morgan fingerprint density at radius 3 is 2.88 bits per heavy atom. The number of thiocarbonyl (C=S) groups is 1. The Morgan fingerprint density at radius 1 is 1.44 bits per heavy atom. The molecule has 7 heteroatoms. The van der Waals surface area contributed by atoms with Crippen LogP contribution in [0, 0.1) is 0 Å². The maximum Gasteiger partial charge on any atom is 0.419 e. The van der Waals surface area contributed by atoms with Crippen molar-refractivity contribution in [2.75, 3.05) is 5.32 Å². The molecule has 0 atom stereocenters. The molecule has 0 radical (unpaired) electrons. The molecule has 0 aliphatic heterocycles. The summed E-state index contributed by atoms with van der Waals surface area (Å²) < 4.78 is 4.39. The highest BCUT2D eigenvalue weighted by molar-refractivity contribution is 7.80. The zero-order chi connectivity index (χ0) is 11.7. The molecular formula is C9H7N3O3S. The number of benzene rings is 1. The molecule has 0 unspecified atom stereocenters. The summed E-state index contributed by atoms with van der Waals surface area (Å²) in [6.07, 6.45) is 0. The summed E-state index contributed by atoms with van der Waals surface area (Å²) in [5.74, 6) is -0.785. The second-order valence-electron chi connectivity index (χ2n) is 3.05. The van der Waals surface area contributed by atoms with E-state index in [1.165, 1.54) is 6.07 Å². The van der Waals surface area contributed by atoms with Crippen molar-refractivity contribution in [2.45, 2.75) is 0 Å². The molecule has 2 aromatic rings. The largest absolute Gasteiger partial charge is 0.419 e. The van der Waals surface area contributed by atoms with Gasteiger partial charge < -0.3 is 15.5 Å². The van der Waals surface area contributed by atoms with Gasteiger partial charge in [-0.25, -0.2) is 9.59 Å². The molecule has 2 rings (SSSR count). The summed E-state index contributed by atoms with van der Waals surface area (Å²) in [5.41, 5.74) is 5.54. The second kappa shape index (κ2) is 3.78. The molecule has 0 aliphatic carbocycles. The molecule has 1 aromatic heterocycles. The van der Waals surface area contributed by atoms with Crippen molar-refractivity contribution in [1.82, 2.24) is 4.98 Å². The third kappa shape index (κ3) is 1.94. The Hall–Kier alpha value is -2.15. The molecule has 0 bridgehead atoms. The van der Waals surface area contributed by atoms with Gasteiger partial charge in [-0.2, -0.15) is 0 Å². The van der Waals surface area contributed by atoms with Gasteiger partial charge in [-0.3, -0.25) is 4.98 Å². The molecule has 0 saturated heterocycles. The SMILES string of the molecule is NC(=S)Nc1ccc2[nH]c(=O)oc(=O)c2c1. The zero-order valence-corrected chi connectivity index (χ0v) is 8.76. The summed E-state index contributed by atoms with van der Waals surface area (Å²) in [5, 5.41) is 3.02. The van der Waals surface area contributed by atoms with Crippen LogP contribution < -0.4 is 22.4 Å². The molecular weight excluding hydrogens is 230 g/mol. The first-order chi connectivity index (χ1) is 7.56. The van der Waals surface area contributed by atoms with Gasteiger partial charge in [-0.15, -0.1) is 0 Å². The zero-order valence-electron chi connectivity index (χ0n) is 7.94. The van der Waals surface area contributed by atoms with Crippen LogP contribution in [0.15, 0.2) is 32.2 Å². The van der Waals surface area contributed by atoms with E-state index in [2.05, 4.69) is 26.9 Å². The summed E-state index contributed by atoms with van der Waals surface area (Å²) in [6.45, 7) is 0. The number of hydrogen-bond acceptors (Lipinski definition) is 4. The van der Waals surface area contributed by atoms with Gasteiger partial charge in [0.2, 0.25) is 0 Å². The maximum absolute atomic E-state index is 11.4. The van der Waals surface area contributed by atoms with Crippen LogP contribution in [0.4, 0.5) is 5.69 Å². The lowest BCUT2D eigenvalue weighted by Crippen LogP contribution is -2.19. The molecule has 0 spiro atoms. The van der Waals surface area contributed by atoms with Gasteiger partial charge in [-0.1, -0.05) is 0 Å². The Morgan fingerprint density at radius 2 is 2.19 bits per heavy atom. The topological polar surface area (TPSA) is 101 Å². The molecule has 4 N–H and O–H groups in total. The third-order valence-corrected chi connectivity index (χ3v) is 2.03. The number of rotatable bonds is 1. The summed E-state index contributed by atoms with van der Waals surface area (Å²) >= 11 is 4.66. The lowest BCUT2D eigenvalue weighted by molar-refractivity contribution is 0.460. The van der Waals surface area contributed by atoms with Crippen LogP contribution in [-0.2, 0) is 0 Å². The molecule has 0 saturated carbocycles. The fourth-order valence-corrected chi connectivity index (χ4v) is 1.43. The van der Waals surface area contributed by atoms with Crippen molar-refractivity contribution < 1.29 is 4.42 Å². The third-order valence-electron chi connectivity index (χ3n) is 1.93. The van der Waals surface area contributed by atoms with Crippen LogP contribution in [0.25, 0.3) is 10.9 Å². The highest BCUT2D eigenvalue weighted by Crippen LogP contribution is 2.13. The molecule has 1 aromatic carbocycles. The van der Waals surface area contributed by atoms with E-state index in [9.17, 15) is 9.59 Å². The van der Waals surface area contributed by atoms with E-state index < -0.39 is 11.4 Å². The quantitative estimate of drug-likeness (QED) is 0.610. The van der Waals surface area contributed by atoms with Crippen LogP contribution in [-0.4, -0.2) is 10.1 Å². The average molecular weight is 237 g/mol. The number of H-pyrrole nitrogens is 1. The predicted molar refractivity (Wildman–Crippen MR) is 63.5 cm³/mol. The van der Waals surface area contributed by atoms with E-state index in [4.69, 9.17) is 5.73 Å². The molecule has 1 heterocycles. The Kier molecular flexibility index (Phi) is 2.45. The van der Waals surface area contributed by atoms with E-state index in [1.54, 1.807) is 12.1 Å². The Bertz CT molecular complexity index is 673. The first-order valence-electron chi connectivity index (χ1n) is 4.30. The van der Waals surface area contributed by atoms with Gasteiger partial charge in [-0.05, 0) is 30.4 Å². The van der Waals surface area contributed by atoms with E-state index in [-0.39, 0.29) is 10.5 Å². The number of nitrogens with two attached hydrogens (primary N) is 1. The number of anilines is 1. The number of nitrogens with one attached hydrogen (secondary N) is 2. The Labute approximate surface area is 94.1 Å². The first kappa shape index (κ1) is 10.4. The minimum absolute atomic E-state index is 0.0909. The van der Waals surface area contributed by atoms with Crippen molar-refractivity contribution in [3.63, 3.8) is 0 Å². The van der Waals surface area contributed by atoms with Crippen LogP contribution in [0.5, 0.6) is 0 Å². The predicted octanol–water partition coefficient (Wildman–Crippen LogP) is 0.137. The molecule has 16 heavy (non-hydrogen) atoms. The first-order valence-corrected chi connectivity index (χ1v) is 4.71. The lowest BCUT2D eigenvalue weighted by Gasteiger charge is -2.03. The van der Waals surface area contributed by atoms with Crippen LogP contribution >= 0.6 is 12.2 Å². The van der Waals surface area contributed by atoms with Crippen LogP contribution in [0.1, 0.15) is 0 Å². The average Bonchev–Trinajstić information content (AvgIpc) is 2.18. The number of hydrogen-bond donors (Lipinski definition) is 3. The smallest absolute Gasteiger partial charge is 0.376 e. The number of fused-ring (bicyclic) bond motifs is 1. The molecule has 0 aliphatic rings. The summed E-state index contributed by atoms with van der Waals surface area (Å²) in [4.78, 5) is 24.6. The van der Waals surface area contributed by atoms with Gasteiger partial charge >= 0.3 is 11.4 Å². The van der Waals surface area contributed by atoms with E-state index in [0.717, 1.165) is 0 Å². The fourth-order valence-electron chi connectivity index (χ4n) is 1.32. The standard InChI is InChI=1S/C9H7N3O3S/c10-8(16)11-4-1-2-6-5(3-4)7(13)15-9(14)12-6/h1-3H,(H,12,14)(H3,10,11,16). The van der Waals surface area contributed by atoms with Crippen LogP contribution in [0.3, 0.4) is 0 Å². The second-order valence-corrected chi connectivity index (χ2v) is 3.49. The van der Waals surface area contributed by atoms with E-state index in [0.29, 0.717) is 11.2 Å². The van der Waals surface area contributed by atoms with E-state index >= 15 is 0 Å². The van der Waals surface area contributed by atoms with Crippen molar-refractivity contribution in [2.24, 2.45) is 5.73 Å². The molecule has 0 fully saturated rings. The van der Waals surface area contributed by atoms with Crippen molar-refractivity contribution in [3.8, 4) is 0 Å². The van der Waals surface area contributed by atoms with Gasteiger partial charge in [0.15, 0.2) is 5.11 Å². The van der Waals surface area contributed by atoms with Gasteiger partial charge in [0.1, 0.15) is 0 Å². The Balaban J connectivity index is 2.66. The highest BCUT2D eigenvalue weighted by Gasteiger charge is 2.03. The van der Waals surface area contributed by atoms with Crippen molar-refractivity contribution in [3.05, 3.63) is 39.2 Å². The van der Waals surface area contributed by atoms with Gasteiger partial charge in [0, 0.05) is 5.69 Å². The number of aromatic amines is 1. The summed E-state index contributed by atoms with van der Waals surface area (Å²) in [6, 6.07) is 4.70. The maximum atomic E-state index is 11.4. The number of aromatic nitrogens is 1. The normalized spacial score (nSPS) is 10.2. The summed E-state index contributed by atoms with van der Waals surface area (Å²) in [7, 11) is 0. The minimum Gasteiger partial charge on any atom is -0.376 e. The van der Waals surface area contributed by atoms with Crippen molar-refractivity contribution >= 4 is 33.9 Å². The highest BCUT2D eigenvalue weighted by atomic mass is 32.1. The van der Waals surface area contributed by atoms with E-state index in [1.807, 2.05) is 0 Å². The molecule has 6 nitrogen and oxygen atoms in total. The lowest BCUT2D eigenvalue weighted by atomic mass is 10.2. The van der Waals surface area contributed by atoms with Crippen molar-refractivity contribution in [1.29, 1.82) is 0 Å². The van der Waals surface area contributed by atoms with Gasteiger partial charge in [0.05, 0.1) is 10.9 Å². The fraction of sp³-hybridized carbons (Fsp3) is 0. The monoisotopic (exact) mass is 237 g/mol. The molecule has 0 amide bonds. The van der Waals surface area contributed by atoms with Gasteiger partial charge in [0.25, 0.3) is 0 Å².